The molecular weight excluding hydrogens is 448 g/mol. The third-order valence-electron chi connectivity index (χ3n) is 4.87. The van der Waals surface area contributed by atoms with E-state index in [1.807, 2.05) is 18.2 Å². The molecule has 30 heavy (non-hydrogen) atoms. The van der Waals surface area contributed by atoms with Gasteiger partial charge in [-0.2, -0.15) is 0 Å². The van der Waals surface area contributed by atoms with E-state index in [9.17, 15) is 9.59 Å². The molecular formula is C23H27BrN2O4. The minimum atomic E-state index is -0.269. The Morgan fingerprint density at radius 2 is 1.77 bits per heavy atom. The highest BCUT2D eigenvalue weighted by molar-refractivity contribution is 9.10. The van der Waals surface area contributed by atoms with Crippen molar-refractivity contribution in [2.45, 2.75) is 26.2 Å². The van der Waals surface area contributed by atoms with Crippen LogP contribution >= 0.6 is 15.9 Å². The summed E-state index contributed by atoms with van der Waals surface area (Å²) in [5.74, 6) is 0.321. The first-order chi connectivity index (χ1) is 14.2. The maximum atomic E-state index is 12.5. The summed E-state index contributed by atoms with van der Waals surface area (Å²) in [6, 6.07) is 12.8. The number of halogens is 1. The van der Waals surface area contributed by atoms with E-state index in [0.717, 1.165) is 4.47 Å². The Hall–Kier alpha value is -2.38. The van der Waals surface area contributed by atoms with E-state index < -0.39 is 0 Å². The molecule has 0 unspecified atom stereocenters. The first-order valence-electron chi connectivity index (χ1n) is 9.94. The smallest absolute Gasteiger partial charge is 0.262 e. The summed E-state index contributed by atoms with van der Waals surface area (Å²) in [4.78, 5) is 26.5. The zero-order valence-electron chi connectivity index (χ0n) is 17.5. The number of hydrogen-bond donors (Lipinski definition) is 1. The lowest BCUT2D eigenvalue weighted by Crippen LogP contribution is -2.40. The third kappa shape index (κ3) is 5.83. The maximum Gasteiger partial charge on any atom is 0.262 e. The molecule has 7 heteroatoms. The molecule has 0 aromatic heterocycles. The zero-order chi connectivity index (χ0) is 21.7. The third-order valence-corrected chi connectivity index (χ3v) is 5.49. The Bertz CT molecular complexity index is 900. The maximum absolute atomic E-state index is 12.5. The Kier molecular flexibility index (Phi) is 7.15. The number of hydrogen-bond acceptors (Lipinski definition) is 4. The van der Waals surface area contributed by atoms with Crippen LogP contribution in [0.2, 0.25) is 0 Å². The van der Waals surface area contributed by atoms with Crippen LogP contribution in [0, 0.1) is 0 Å². The number of morpholine rings is 1. The largest absolute Gasteiger partial charge is 0.483 e. The molecule has 1 aliphatic rings. The molecule has 1 N–H and O–H groups in total. The molecule has 0 aliphatic carbocycles. The van der Waals surface area contributed by atoms with Gasteiger partial charge in [-0.1, -0.05) is 26.8 Å². The topological polar surface area (TPSA) is 67.9 Å². The fourth-order valence-corrected chi connectivity index (χ4v) is 3.56. The summed E-state index contributed by atoms with van der Waals surface area (Å²) < 4.78 is 11.7. The van der Waals surface area contributed by atoms with Crippen LogP contribution in [-0.4, -0.2) is 49.6 Å². The van der Waals surface area contributed by atoms with Crippen molar-refractivity contribution in [2.75, 3.05) is 38.2 Å². The van der Waals surface area contributed by atoms with Crippen LogP contribution < -0.4 is 10.1 Å². The van der Waals surface area contributed by atoms with Crippen molar-refractivity contribution in [3.05, 3.63) is 58.1 Å². The number of anilines is 1. The molecule has 0 atom stereocenters. The van der Waals surface area contributed by atoms with E-state index >= 15 is 0 Å². The number of amides is 2. The second-order valence-corrected chi connectivity index (χ2v) is 9.07. The van der Waals surface area contributed by atoms with Crippen LogP contribution in [0.15, 0.2) is 46.9 Å². The summed E-state index contributed by atoms with van der Waals surface area (Å²) in [6.45, 7) is 8.64. The standard InChI is InChI=1S/C23H27BrN2O4/c1-23(2,3)17-6-9-20(19(24)14-17)30-15-21(27)25-18-7-4-16(5-8-18)22(28)26-10-12-29-13-11-26/h4-9,14H,10-13,15H2,1-3H3,(H,25,27). The minimum absolute atomic E-state index is 0.0249. The molecule has 2 aromatic carbocycles. The summed E-state index contributed by atoms with van der Waals surface area (Å²) in [5, 5.41) is 2.79. The molecule has 1 heterocycles. The highest BCUT2D eigenvalue weighted by Gasteiger charge is 2.19. The van der Waals surface area contributed by atoms with Gasteiger partial charge in [-0.25, -0.2) is 0 Å². The quantitative estimate of drug-likeness (QED) is 0.703. The second kappa shape index (κ2) is 9.62. The van der Waals surface area contributed by atoms with Crippen LogP contribution in [0.1, 0.15) is 36.7 Å². The van der Waals surface area contributed by atoms with E-state index in [1.165, 1.54) is 5.56 Å². The summed E-state index contributed by atoms with van der Waals surface area (Å²) in [5.41, 5.74) is 2.42. The lowest BCUT2D eigenvalue weighted by Gasteiger charge is -2.26. The summed E-state index contributed by atoms with van der Waals surface area (Å²) in [7, 11) is 0. The molecule has 160 valence electrons. The monoisotopic (exact) mass is 474 g/mol. The predicted octanol–water partition coefficient (Wildman–Crippen LogP) is 4.24. The van der Waals surface area contributed by atoms with E-state index in [1.54, 1.807) is 29.2 Å². The van der Waals surface area contributed by atoms with Gasteiger partial charge in [0.2, 0.25) is 0 Å². The fourth-order valence-electron chi connectivity index (χ4n) is 3.07. The van der Waals surface area contributed by atoms with Gasteiger partial charge in [0.15, 0.2) is 6.61 Å². The Morgan fingerprint density at radius 1 is 1.10 bits per heavy atom. The zero-order valence-corrected chi connectivity index (χ0v) is 19.1. The lowest BCUT2D eigenvalue weighted by molar-refractivity contribution is -0.118. The van der Waals surface area contributed by atoms with Gasteiger partial charge in [-0.15, -0.1) is 0 Å². The summed E-state index contributed by atoms with van der Waals surface area (Å²) in [6.07, 6.45) is 0. The molecule has 0 bridgehead atoms. The van der Waals surface area contributed by atoms with Crippen molar-refractivity contribution in [3.63, 3.8) is 0 Å². The van der Waals surface area contributed by atoms with Gasteiger partial charge in [0.25, 0.3) is 11.8 Å². The molecule has 1 saturated heterocycles. The van der Waals surface area contributed by atoms with Crippen molar-refractivity contribution in [1.82, 2.24) is 4.90 Å². The normalized spacial score (nSPS) is 14.3. The molecule has 0 radical (unpaired) electrons. The van der Waals surface area contributed by atoms with Gasteiger partial charge >= 0.3 is 0 Å². The van der Waals surface area contributed by atoms with Crippen LogP contribution in [0.4, 0.5) is 5.69 Å². The van der Waals surface area contributed by atoms with Gasteiger partial charge in [0, 0.05) is 24.3 Å². The van der Waals surface area contributed by atoms with Crippen LogP contribution in [-0.2, 0) is 14.9 Å². The fraction of sp³-hybridized carbons (Fsp3) is 0.391. The van der Waals surface area contributed by atoms with Crippen LogP contribution in [0.25, 0.3) is 0 Å². The van der Waals surface area contributed by atoms with Gasteiger partial charge < -0.3 is 19.7 Å². The van der Waals surface area contributed by atoms with Gasteiger partial charge in [-0.05, 0) is 63.3 Å². The molecule has 3 rings (SSSR count). The van der Waals surface area contributed by atoms with Crippen molar-refractivity contribution < 1.29 is 19.1 Å². The Morgan fingerprint density at radius 3 is 2.37 bits per heavy atom. The van der Waals surface area contributed by atoms with E-state index in [4.69, 9.17) is 9.47 Å². The van der Waals surface area contributed by atoms with Crippen molar-refractivity contribution in [1.29, 1.82) is 0 Å². The average molecular weight is 475 g/mol. The highest BCUT2D eigenvalue weighted by Crippen LogP contribution is 2.31. The SMILES string of the molecule is CC(C)(C)c1ccc(OCC(=O)Nc2ccc(C(=O)N3CCOCC3)cc2)c(Br)c1. The molecule has 0 saturated carbocycles. The van der Waals surface area contributed by atoms with Crippen LogP contribution in [0.3, 0.4) is 0 Å². The highest BCUT2D eigenvalue weighted by atomic mass is 79.9. The van der Waals surface area contributed by atoms with E-state index in [-0.39, 0.29) is 23.8 Å². The number of nitrogens with one attached hydrogen (secondary N) is 1. The minimum Gasteiger partial charge on any atom is -0.483 e. The predicted molar refractivity (Wildman–Crippen MR) is 120 cm³/mol. The van der Waals surface area contributed by atoms with Gasteiger partial charge in [-0.3, -0.25) is 9.59 Å². The second-order valence-electron chi connectivity index (χ2n) is 8.21. The lowest BCUT2D eigenvalue weighted by atomic mass is 9.87. The van der Waals surface area contributed by atoms with Crippen LogP contribution in [0.5, 0.6) is 5.75 Å². The van der Waals surface area contributed by atoms with Gasteiger partial charge in [0.1, 0.15) is 5.75 Å². The molecule has 6 nitrogen and oxygen atoms in total. The summed E-state index contributed by atoms with van der Waals surface area (Å²) >= 11 is 3.51. The number of carbonyl (C=O) groups excluding carboxylic acids is 2. The Balaban J connectivity index is 1.53. The average Bonchev–Trinajstić information content (AvgIpc) is 2.73. The van der Waals surface area contributed by atoms with E-state index in [0.29, 0.717) is 43.3 Å². The van der Waals surface area contributed by atoms with Crippen molar-refractivity contribution in [2.24, 2.45) is 0 Å². The molecule has 2 aromatic rings. The number of nitrogens with zero attached hydrogens (tertiary/aromatic N) is 1. The molecule has 1 fully saturated rings. The number of ether oxygens (including phenoxy) is 2. The molecule has 2 amide bonds. The van der Waals surface area contributed by atoms with Crippen molar-refractivity contribution >= 4 is 33.4 Å². The van der Waals surface area contributed by atoms with E-state index in [2.05, 4.69) is 42.0 Å². The first kappa shape index (κ1) is 22.3. The Labute approximate surface area is 185 Å². The first-order valence-corrected chi connectivity index (χ1v) is 10.7. The number of benzene rings is 2. The van der Waals surface area contributed by atoms with Gasteiger partial charge in [0.05, 0.1) is 17.7 Å². The molecule has 1 aliphatic heterocycles. The number of carbonyl (C=O) groups is 2. The van der Waals surface area contributed by atoms with Crippen molar-refractivity contribution in [3.8, 4) is 5.75 Å². The molecule has 0 spiro atoms. The number of rotatable bonds is 5.